The molecule has 0 saturated heterocycles. The predicted octanol–water partition coefficient (Wildman–Crippen LogP) is 3.30. The van der Waals surface area contributed by atoms with Crippen LogP contribution < -0.4 is 0 Å². The molecule has 0 aromatic heterocycles. The van der Waals surface area contributed by atoms with Crippen LogP contribution in [0.15, 0.2) is 42.5 Å². The first-order valence-electron chi connectivity index (χ1n) is 5.66. The molecular weight excluding hydrogens is 194 g/mol. The lowest BCUT2D eigenvalue weighted by atomic mass is 9.91. The van der Waals surface area contributed by atoms with Crippen LogP contribution in [0.25, 0.3) is 16.5 Å². The van der Waals surface area contributed by atoms with Gasteiger partial charge in [-0.05, 0) is 22.8 Å². The molecule has 0 saturated carbocycles. The SMILES string of the molecule is CN(C)C1=CCc2cccc3cccc1c23. The van der Waals surface area contributed by atoms with Crippen molar-refractivity contribution in [3.8, 4) is 0 Å². The first-order chi connectivity index (χ1) is 7.77. The molecule has 0 atom stereocenters. The Morgan fingerprint density at radius 3 is 2.50 bits per heavy atom. The van der Waals surface area contributed by atoms with E-state index in [2.05, 4.69) is 61.5 Å². The van der Waals surface area contributed by atoms with Crippen LogP contribution in [0.2, 0.25) is 0 Å². The highest BCUT2D eigenvalue weighted by atomic mass is 15.1. The standard InChI is InChI=1S/C15H15N/c1-16(2)14-10-9-12-6-3-5-11-7-4-8-13(14)15(11)12/h3-8,10H,9H2,1-2H3. The Labute approximate surface area is 96.0 Å². The number of allylic oxidation sites excluding steroid dienone is 1. The molecule has 0 spiro atoms. The second-order valence-electron chi connectivity index (χ2n) is 4.51. The van der Waals surface area contributed by atoms with E-state index in [4.69, 9.17) is 0 Å². The Bertz CT molecular complexity index is 574. The van der Waals surface area contributed by atoms with Crippen LogP contribution in [0.4, 0.5) is 0 Å². The second kappa shape index (κ2) is 3.38. The molecule has 0 radical (unpaired) electrons. The molecule has 0 unspecified atom stereocenters. The van der Waals surface area contributed by atoms with Gasteiger partial charge in [0.25, 0.3) is 0 Å². The molecule has 0 bridgehead atoms. The van der Waals surface area contributed by atoms with Crippen molar-refractivity contribution in [2.45, 2.75) is 6.42 Å². The lowest BCUT2D eigenvalue weighted by Crippen LogP contribution is -2.13. The molecule has 0 amide bonds. The molecule has 1 nitrogen and oxygen atoms in total. The molecule has 0 N–H and O–H groups in total. The van der Waals surface area contributed by atoms with Crippen molar-refractivity contribution in [3.63, 3.8) is 0 Å². The van der Waals surface area contributed by atoms with Gasteiger partial charge in [-0.25, -0.2) is 0 Å². The summed E-state index contributed by atoms with van der Waals surface area (Å²) >= 11 is 0. The van der Waals surface area contributed by atoms with E-state index in [-0.39, 0.29) is 0 Å². The largest absolute Gasteiger partial charge is 0.377 e. The Hall–Kier alpha value is -1.76. The molecule has 80 valence electrons. The van der Waals surface area contributed by atoms with Crippen molar-refractivity contribution in [1.82, 2.24) is 4.90 Å². The summed E-state index contributed by atoms with van der Waals surface area (Å²) in [5, 5.41) is 2.78. The van der Waals surface area contributed by atoms with Crippen molar-refractivity contribution in [2.24, 2.45) is 0 Å². The lowest BCUT2D eigenvalue weighted by Gasteiger charge is -2.24. The molecular formula is C15H15N. The number of rotatable bonds is 1. The maximum atomic E-state index is 2.32. The summed E-state index contributed by atoms with van der Waals surface area (Å²) in [6.07, 6.45) is 3.36. The van der Waals surface area contributed by atoms with E-state index in [0.29, 0.717) is 0 Å². The molecule has 1 aliphatic carbocycles. The van der Waals surface area contributed by atoms with Crippen LogP contribution in [0.1, 0.15) is 11.1 Å². The van der Waals surface area contributed by atoms with E-state index in [1.165, 1.54) is 27.6 Å². The zero-order chi connectivity index (χ0) is 11.1. The molecule has 1 heteroatoms. The van der Waals surface area contributed by atoms with Gasteiger partial charge in [0.2, 0.25) is 0 Å². The van der Waals surface area contributed by atoms with Gasteiger partial charge < -0.3 is 4.90 Å². The summed E-state index contributed by atoms with van der Waals surface area (Å²) in [6, 6.07) is 13.1. The summed E-state index contributed by atoms with van der Waals surface area (Å²) in [5.74, 6) is 0. The zero-order valence-electron chi connectivity index (χ0n) is 9.70. The quantitative estimate of drug-likeness (QED) is 0.696. The van der Waals surface area contributed by atoms with Crippen molar-refractivity contribution in [3.05, 3.63) is 53.6 Å². The zero-order valence-corrected chi connectivity index (χ0v) is 9.70. The third-order valence-electron chi connectivity index (χ3n) is 3.26. The monoisotopic (exact) mass is 209 g/mol. The van der Waals surface area contributed by atoms with Crippen molar-refractivity contribution in [2.75, 3.05) is 14.1 Å². The number of hydrogen-bond acceptors (Lipinski definition) is 1. The van der Waals surface area contributed by atoms with Crippen LogP contribution in [-0.2, 0) is 6.42 Å². The van der Waals surface area contributed by atoms with Gasteiger partial charge >= 0.3 is 0 Å². The van der Waals surface area contributed by atoms with Gasteiger partial charge in [0.15, 0.2) is 0 Å². The summed E-state index contributed by atoms with van der Waals surface area (Å²) in [7, 11) is 4.22. The Balaban J connectivity index is 2.37. The van der Waals surface area contributed by atoms with Gasteiger partial charge in [-0.1, -0.05) is 42.5 Å². The van der Waals surface area contributed by atoms with Crippen LogP contribution in [0.3, 0.4) is 0 Å². The van der Waals surface area contributed by atoms with Crippen molar-refractivity contribution >= 4 is 16.5 Å². The molecule has 2 aromatic carbocycles. The second-order valence-corrected chi connectivity index (χ2v) is 4.51. The van der Waals surface area contributed by atoms with Crippen LogP contribution >= 0.6 is 0 Å². The maximum absolute atomic E-state index is 2.32. The van der Waals surface area contributed by atoms with Crippen molar-refractivity contribution in [1.29, 1.82) is 0 Å². The normalized spacial score (nSPS) is 13.8. The highest BCUT2D eigenvalue weighted by Gasteiger charge is 2.14. The van der Waals surface area contributed by atoms with E-state index in [1.807, 2.05) is 0 Å². The van der Waals surface area contributed by atoms with Crippen LogP contribution in [-0.4, -0.2) is 19.0 Å². The topological polar surface area (TPSA) is 3.24 Å². The highest BCUT2D eigenvalue weighted by molar-refractivity contribution is 5.97. The summed E-state index contributed by atoms with van der Waals surface area (Å²) in [6.45, 7) is 0. The fourth-order valence-electron chi connectivity index (χ4n) is 2.54. The predicted molar refractivity (Wildman–Crippen MR) is 69.3 cm³/mol. The number of hydrogen-bond donors (Lipinski definition) is 0. The van der Waals surface area contributed by atoms with Gasteiger partial charge in [-0.2, -0.15) is 0 Å². The van der Waals surface area contributed by atoms with E-state index in [9.17, 15) is 0 Å². The summed E-state index contributed by atoms with van der Waals surface area (Å²) < 4.78 is 0. The Morgan fingerprint density at radius 1 is 1.00 bits per heavy atom. The molecule has 16 heavy (non-hydrogen) atoms. The number of benzene rings is 2. The molecule has 0 fully saturated rings. The summed E-state index contributed by atoms with van der Waals surface area (Å²) in [5.41, 5.74) is 4.15. The number of nitrogens with zero attached hydrogens (tertiary/aromatic N) is 1. The van der Waals surface area contributed by atoms with Gasteiger partial charge in [-0.15, -0.1) is 0 Å². The third kappa shape index (κ3) is 1.25. The molecule has 3 rings (SSSR count). The fraction of sp³-hybridized carbons (Fsp3) is 0.200. The minimum Gasteiger partial charge on any atom is -0.377 e. The average molecular weight is 209 g/mol. The van der Waals surface area contributed by atoms with Crippen LogP contribution in [0, 0.1) is 0 Å². The summed E-state index contributed by atoms with van der Waals surface area (Å²) in [4.78, 5) is 2.20. The molecule has 0 aliphatic heterocycles. The molecule has 2 aromatic rings. The molecule has 0 heterocycles. The van der Waals surface area contributed by atoms with Crippen LogP contribution in [0.5, 0.6) is 0 Å². The van der Waals surface area contributed by atoms with E-state index in [1.54, 1.807) is 0 Å². The Morgan fingerprint density at radius 2 is 1.75 bits per heavy atom. The Kier molecular flexibility index (Phi) is 2.00. The van der Waals surface area contributed by atoms with Gasteiger partial charge in [0, 0.05) is 25.4 Å². The van der Waals surface area contributed by atoms with Gasteiger partial charge in [0.05, 0.1) is 0 Å². The minimum absolute atomic E-state index is 1.04. The minimum atomic E-state index is 1.04. The van der Waals surface area contributed by atoms with Gasteiger partial charge in [-0.3, -0.25) is 0 Å². The first kappa shape index (κ1) is 9.46. The van der Waals surface area contributed by atoms with Crippen molar-refractivity contribution < 1.29 is 0 Å². The van der Waals surface area contributed by atoms with E-state index >= 15 is 0 Å². The highest BCUT2D eigenvalue weighted by Crippen LogP contribution is 2.33. The van der Waals surface area contributed by atoms with E-state index < -0.39 is 0 Å². The average Bonchev–Trinajstić information content (AvgIpc) is 2.30. The lowest BCUT2D eigenvalue weighted by molar-refractivity contribution is 0.590. The first-order valence-corrected chi connectivity index (χ1v) is 5.66. The fourth-order valence-corrected chi connectivity index (χ4v) is 2.54. The molecule has 1 aliphatic rings. The maximum Gasteiger partial charge on any atom is 0.0403 e. The van der Waals surface area contributed by atoms with Gasteiger partial charge in [0.1, 0.15) is 0 Å². The van der Waals surface area contributed by atoms with E-state index in [0.717, 1.165) is 6.42 Å². The smallest absolute Gasteiger partial charge is 0.0403 e. The third-order valence-corrected chi connectivity index (χ3v) is 3.26.